The third-order valence-corrected chi connectivity index (χ3v) is 5.69. The normalized spacial score (nSPS) is 12.4. The Morgan fingerprint density at radius 3 is 2.38 bits per heavy atom. The fourth-order valence-corrected chi connectivity index (χ4v) is 4.30. The van der Waals surface area contributed by atoms with E-state index in [1.165, 1.54) is 10.4 Å². The molecule has 0 amide bonds. The third kappa shape index (κ3) is 6.98. The number of nitrogens with zero attached hydrogens (tertiary/aromatic N) is 2. The zero-order chi connectivity index (χ0) is 20.5. The average molecular weight is 411 g/mol. The summed E-state index contributed by atoms with van der Waals surface area (Å²) in [4.78, 5) is 5.77. The second-order valence-corrected chi connectivity index (χ2v) is 8.43. The number of aliphatic hydroxyl groups is 1. The highest BCUT2D eigenvalue weighted by Crippen LogP contribution is 2.21. The zero-order valence-corrected chi connectivity index (χ0v) is 18.0. The van der Waals surface area contributed by atoms with Crippen molar-refractivity contribution in [1.29, 1.82) is 0 Å². The monoisotopic (exact) mass is 410 g/mol. The SMILES string of the molecule is COc1ccccc1CN(Cc1cccs1)CC(O)CN(C)Cc1ccccc1. The predicted molar refractivity (Wildman–Crippen MR) is 120 cm³/mol. The summed E-state index contributed by atoms with van der Waals surface area (Å²) in [6.45, 7) is 3.61. The lowest BCUT2D eigenvalue weighted by Gasteiger charge is -2.28. The largest absolute Gasteiger partial charge is 0.496 e. The lowest BCUT2D eigenvalue weighted by atomic mass is 10.1. The van der Waals surface area contributed by atoms with E-state index in [1.807, 2.05) is 24.3 Å². The van der Waals surface area contributed by atoms with Crippen LogP contribution in [0.25, 0.3) is 0 Å². The van der Waals surface area contributed by atoms with Gasteiger partial charge in [0, 0.05) is 43.2 Å². The molecule has 0 aliphatic rings. The molecule has 0 saturated carbocycles. The fraction of sp³-hybridized carbons (Fsp3) is 0.333. The molecular formula is C24H30N2O2S. The summed E-state index contributed by atoms with van der Waals surface area (Å²) in [5, 5.41) is 12.9. The number of para-hydroxylation sites is 1. The first-order chi connectivity index (χ1) is 14.1. The van der Waals surface area contributed by atoms with Crippen LogP contribution < -0.4 is 4.74 Å². The van der Waals surface area contributed by atoms with Gasteiger partial charge in [0.1, 0.15) is 5.75 Å². The molecule has 0 aliphatic carbocycles. The van der Waals surface area contributed by atoms with Crippen molar-refractivity contribution in [3.8, 4) is 5.75 Å². The van der Waals surface area contributed by atoms with Crippen LogP contribution in [0.1, 0.15) is 16.0 Å². The lowest BCUT2D eigenvalue weighted by Crippen LogP contribution is -2.38. The summed E-state index contributed by atoms with van der Waals surface area (Å²) in [7, 11) is 3.76. The number of methoxy groups -OCH3 is 1. The summed E-state index contributed by atoms with van der Waals surface area (Å²) >= 11 is 1.75. The van der Waals surface area contributed by atoms with E-state index >= 15 is 0 Å². The Labute approximate surface area is 178 Å². The summed E-state index contributed by atoms with van der Waals surface area (Å²) < 4.78 is 5.52. The van der Waals surface area contributed by atoms with Crippen LogP contribution in [0.15, 0.2) is 72.1 Å². The van der Waals surface area contributed by atoms with Crippen LogP contribution in [0.3, 0.4) is 0 Å². The summed E-state index contributed by atoms with van der Waals surface area (Å²) in [5.74, 6) is 0.888. The molecule has 0 spiro atoms. The summed E-state index contributed by atoms with van der Waals surface area (Å²) in [6.07, 6.45) is -0.432. The molecule has 0 fully saturated rings. The topological polar surface area (TPSA) is 35.9 Å². The first kappa shape index (κ1) is 21.5. The van der Waals surface area contributed by atoms with Crippen LogP contribution in [-0.2, 0) is 19.6 Å². The van der Waals surface area contributed by atoms with Gasteiger partial charge in [0.15, 0.2) is 0 Å². The number of rotatable bonds is 11. The Hall–Kier alpha value is -2.18. The van der Waals surface area contributed by atoms with Crippen molar-refractivity contribution in [3.05, 3.63) is 88.1 Å². The Morgan fingerprint density at radius 2 is 1.66 bits per heavy atom. The van der Waals surface area contributed by atoms with E-state index in [4.69, 9.17) is 4.74 Å². The molecule has 154 valence electrons. The maximum Gasteiger partial charge on any atom is 0.123 e. The van der Waals surface area contributed by atoms with E-state index in [0.29, 0.717) is 13.1 Å². The number of ether oxygens (including phenoxy) is 1. The van der Waals surface area contributed by atoms with Crippen LogP contribution in [0, 0.1) is 0 Å². The highest BCUT2D eigenvalue weighted by molar-refractivity contribution is 7.09. The van der Waals surface area contributed by atoms with Gasteiger partial charge in [-0.05, 0) is 30.1 Å². The number of likely N-dealkylation sites (N-methyl/N-ethyl adjacent to an activating group) is 1. The van der Waals surface area contributed by atoms with Gasteiger partial charge >= 0.3 is 0 Å². The minimum absolute atomic E-state index is 0.432. The Morgan fingerprint density at radius 1 is 0.897 bits per heavy atom. The molecule has 29 heavy (non-hydrogen) atoms. The molecule has 1 N–H and O–H groups in total. The van der Waals surface area contributed by atoms with Crippen molar-refractivity contribution in [3.63, 3.8) is 0 Å². The van der Waals surface area contributed by atoms with Crippen molar-refractivity contribution in [2.75, 3.05) is 27.2 Å². The van der Waals surface area contributed by atoms with Crippen molar-refractivity contribution < 1.29 is 9.84 Å². The molecule has 0 saturated heterocycles. The van der Waals surface area contributed by atoms with E-state index in [-0.39, 0.29) is 0 Å². The number of benzene rings is 2. The van der Waals surface area contributed by atoms with Gasteiger partial charge < -0.3 is 9.84 Å². The van der Waals surface area contributed by atoms with Crippen molar-refractivity contribution in [2.45, 2.75) is 25.7 Å². The quantitative estimate of drug-likeness (QED) is 0.513. The minimum atomic E-state index is -0.432. The molecule has 0 bridgehead atoms. The molecule has 1 atom stereocenters. The van der Waals surface area contributed by atoms with Gasteiger partial charge in [-0.3, -0.25) is 9.80 Å². The number of aliphatic hydroxyl groups excluding tert-OH is 1. The van der Waals surface area contributed by atoms with Crippen LogP contribution >= 0.6 is 11.3 Å². The van der Waals surface area contributed by atoms with Crippen LogP contribution in [-0.4, -0.2) is 48.3 Å². The van der Waals surface area contributed by atoms with Gasteiger partial charge in [0.05, 0.1) is 13.2 Å². The zero-order valence-electron chi connectivity index (χ0n) is 17.2. The van der Waals surface area contributed by atoms with Crippen molar-refractivity contribution >= 4 is 11.3 Å². The van der Waals surface area contributed by atoms with Gasteiger partial charge in [0.2, 0.25) is 0 Å². The van der Waals surface area contributed by atoms with Gasteiger partial charge in [0.25, 0.3) is 0 Å². The van der Waals surface area contributed by atoms with Crippen LogP contribution in [0.4, 0.5) is 0 Å². The lowest BCUT2D eigenvalue weighted by molar-refractivity contribution is 0.0741. The summed E-state index contributed by atoms with van der Waals surface area (Å²) in [6, 6.07) is 22.7. The number of hydrogen-bond acceptors (Lipinski definition) is 5. The minimum Gasteiger partial charge on any atom is -0.496 e. The van der Waals surface area contributed by atoms with Crippen molar-refractivity contribution in [1.82, 2.24) is 9.80 Å². The van der Waals surface area contributed by atoms with Gasteiger partial charge in [-0.25, -0.2) is 0 Å². The van der Waals surface area contributed by atoms with E-state index in [9.17, 15) is 5.11 Å². The van der Waals surface area contributed by atoms with Gasteiger partial charge in [-0.1, -0.05) is 54.6 Å². The van der Waals surface area contributed by atoms with E-state index in [1.54, 1.807) is 18.4 Å². The van der Waals surface area contributed by atoms with E-state index in [2.05, 4.69) is 64.7 Å². The first-order valence-electron chi connectivity index (χ1n) is 9.91. The van der Waals surface area contributed by atoms with E-state index in [0.717, 1.165) is 30.9 Å². The smallest absolute Gasteiger partial charge is 0.123 e. The second-order valence-electron chi connectivity index (χ2n) is 7.40. The molecule has 1 unspecified atom stereocenters. The number of thiophene rings is 1. The first-order valence-corrected chi connectivity index (χ1v) is 10.8. The van der Waals surface area contributed by atoms with Crippen LogP contribution in [0.5, 0.6) is 5.75 Å². The average Bonchev–Trinajstić information content (AvgIpc) is 3.22. The van der Waals surface area contributed by atoms with Crippen LogP contribution in [0.2, 0.25) is 0 Å². The fourth-order valence-electron chi connectivity index (χ4n) is 3.56. The Balaban J connectivity index is 1.62. The van der Waals surface area contributed by atoms with Gasteiger partial charge in [-0.15, -0.1) is 11.3 Å². The second kappa shape index (κ2) is 11.1. The highest BCUT2D eigenvalue weighted by Gasteiger charge is 2.17. The Bertz CT molecular complexity index is 839. The standard InChI is InChI=1S/C24H30N2O2S/c1-25(15-20-9-4-3-5-10-20)17-22(27)18-26(19-23-12-8-14-29-23)16-21-11-6-7-13-24(21)28-2/h3-14,22,27H,15-19H2,1-2H3. The predicted octanol–water partition coefficient (Wildman–Crippen LogP) is 4.25. The van der Waals surface area contributed by atoms with Gasteiger partial charge in [-0.2, -0.15) is 0 Å². The van der Waals surface area contributed by atoms with E-state index < -0.39 is 6.10 Å². The molecule has 0 aliphatic heterocycles. The molecule has 0 radical (unpaired) electrons. The summed E-state index contributed by atoms with van der Waals surface area (Å²) in [5.41, 5.74) is 2.39. The third-order valence-electron chi connectivity index (χ3n) is 4.83. The molecule has 1 heterocycles. The number of hydrogen-bond donors (Lipinski definition) is 1. The molecule has 2 aromatic carbocycles. The molecular weight excluding hydrogens is 380 g/mol. The maximum atomic E-state index is 10.8. The molecule has 1 aromatic heterocycles. The molecule has 4 nitrogen and oxygen atoms in total. The molecule has 3 rings (SSSR count). The highest BCUT2D eigenvalue weighted by atomic mass is 32.1. The maximum absolute atomic E-state index is 10.8. The molecule has 5 heteroatoms. The molecule has 3 aromatic rings. The van der Waals surface area contributed by atoms with Crippen molar-refractivity contribution in [2.24, 2.45) is 0 Å². The Kier molecular flexibility index (Phi) is 8.25.